The number of nitrogens with zero attached hydrogens (tertiary/aromatic N) is 2. The van der Waals surface area contributed by atoms with Crippen molar-refractivity contribution in [1.82, 2.24) is 4.98 Å². The van der Waals surface area contributed by atoms with E-state index in [1.165, 1.54) is 11.3 Å². The Morgan fingerprint density at radius 2 is 1.93 bits per heavy atom. The number of amides is 1. The Bertz CT molecular complexity index is 976. The van der Waals surface area contributed by atoms with Crippen LogP contribution in [-0.2, 0) is 13.0 Å². The number of rotatable bonds is 6. The molecule has 0 radical (unpaired) electrons. The first-order chi connectivity index (χ1) is 13.0. The van der Waals surface area contributed by atoms with Crippen LogP contribution in [0.1, 0.15) is 25.9 Å². The van der Waals surface area contributed by atoms with Gasteiger partial charge in [-0.05, 0) is 48.9 Å². The van der Waals surface area contributed by atoms with Crippen molar-refractivity contribution in [2.75, 3.05) is 5.32 Å². The van der Waals surface area contributed by atoms with Crippen molar-refractivity contribution in [3.05, 3.63) is 74.7 Å². The number of aromatic nitrogens is 1. The standard InChI is InChI=1S/C20H16ClN3O2S/c1-13-19(20(25)24-16-6-2-14(3-7-16)10-11-22)27-18(23-13)12-26-17-8-4-15(21)5-9-17/h2-9H,10,12H2,1H3,(H,24,25). The molecule has 1 amide bonds. The Hall–Kier alpha value is -2.88. The van der Waals surface area contributed by atoms with Crippen molar-refractivity contribution in [2.24, 2.45) is 0 Å². The van der Waals surface area contributed by atoms with Gasteiger partial charge in [-0.3, -0.25) is 4.79 Å². The van der Waals surface area contributed by atoms with Crippen LogP contribution >= 0.6 is 22.9 Å². The second-order valence-corrected chi connectivity index (χ2v) is 7.27. The van der Waals surface area contributed by atoms with Crippen molar-refractivity contribution in [1.29, 1.82) is 5.26 Å². The highest BCUT2D eigenvalue weighted by molar-refractivity contribution is 7.13. The fraction of sp³-hybridized carbons (Fsp3) is 0.150. The highest BCUT2D eigenvalue weighted by Gasteiger charge is 2.16. The van der Waals surface area contributed by atoms with Gasteiger partial charge in [-0.15, -0.1) is 11.3 Å². The van der Waals surface area contributed by atoms with E-state index >= 15 is 0 Å². The zero-order valence-corrected chi connectivity index (χ0v) is 16.1. The van der Waals surface area contributed by atoms with Crippen molar-refractivity contribution < 1.29 is 9.53 Å². The van der Waals surface area contributed by atoms with Crippen LogP contribution in [0, 0.1) is 18.3 Å². The Labute approximate surface area is 166 Å². The van der Waals surface area contributed by atoms with Crippen molar-refractivity contribution in [2.45, 2.75) is 20.0 Å². The van der Waals surface area contributed by atoms with Crippen LogP contribution in [0.25, 0.3) is 0 Å². The van der Waals surface area contributed by atoms with Crippen LogP contribution in [0.2, 0.25) is 5.02 Å². The minimum Gasteiger partial charge on any atom is -0.486 e. The van der Waals surface area contributed by atoms with Gasteiger partial charge < -0.3 is 10.1 Å². The van der Waals surface area contributed by atoms with E-state index in [0.717, 1.165) is 10.6 Å². The average molecular weight is 398 g/mol. The normalized spacial score (nSPS) is 10.3. The molecule has 7 heteroatoms. The van der Waals surface area contributed by atoms with Gasteiger partial charge in [0, 0.05) is 10.7 Å². The Morgan fingerprint density at radius 3 is 2.59 bits per heavy atom. The third kappa shape index (κ3) is 5.07. The molecule has 1 heterocycles. The number of halogens is 1. The van der Waals surface area contributed by atoms with Gasteiger partial charge in [0.25, 0.3) is 5.91 Å². The van der Waals surface area contributed by atoms with Crippen molar-refractivity contribution >= 4 is 34.5 Å². The molecular formula is C20H16ClN3O2S. The summed E-state index contributed by atoms with van der Waals surface area (Å²) in [5.41, 5.74) is 2.24. The number of carbonyl (C=O) groups is 1. The van der Waals surface area contributed by atoms with E-state index in [-0.39, 0.29) is 12.5 Å². The van der Waals surface area contributed by atoms with Crippen LogP contribution < -0.4 is 10.1 Å². The molecule has 0 saturated carbocycles. The second kappa shape index (κ2) is 8.67. The topological polar surface area (TPSA) is 75.0 Å². The van der Waals surface area contributed by atoms with Gasteiger partial charge in [0.15, 0.2) is 0 Å². The van der Waals surface area contributed by atoms with Gasteiger partial charge in [-0.2, -0.15) is 5.26 Å². The number of benzene rings is 2. The maximum absolute atomic E-state index is 12.5. The Kier molecular flexibility index (Phi) is 6.07. The number of hydrogen-bond acceptors (Lipinski definition) is 5. The molecule has 1 N–H and O–H groups in total. The third-order valence-corrected chi connectivity index (χ3v) is 5.10. The molecule has 0 fully saturated rings. The average Bonchev–Trinajstić information content (AvgIpc) is 3.04. The fourth-order valence-corrected chi connectivity index (χ4v) is 3.38. The largest absolute Gasteiger partial charge is 0.486 e. The van der Waals surface area contributed by atoms with Crippen LogP contribution in [0.15, 0.2) is 48.5 Å². The summed E-state index contributed by atoms with van der Waals surface area (Å²) in [7, 11) is 0. The molecule has 0 bridgehead atoms. The molecular weight excluding hydrogens is 382 g/mol. The zero-order valence-electron chi connectivity index (χ0n) is 14.5. The van der Waals surface area contributed by atoms with Crippen LogP contribution in [0.3, 0.4) is 0 Å². The van der Waals surface area contributed by atoms with E-state index in [0.29, 0.717) is 33.5 Å². The molecule has 1 aromatic heterocycles. The highest BCUT2D eigenvalue weighted by atomic mass is 35.5. The molecule has 0 atom stereocenters. The summed E-state index contributed by atoms with van der Waals surface area (Å²) in [4.78, 5) is 17.5. The summed E-state index contributed by atoms with van der Waals surface area (Å²) in [6, 6.07) is 16.4. The van der Waals surface area contributed by atoms with E-state index in [1.807, 2.05) is 12.1 Å². The first-order valence-corrected chi connectivity index (χ1v) is 9.36. The molecule has 0 unspecified atom stereocenters. The van der Waals surface area contributed by atoms with Gasteiger partial charge in [0.1, 0.15) is 22.2 Å². The molecule has 136 valence electrons. The van der Waals surface area contributed by atoms with Gasteiger partial charge >= 0.3 is 0 Å². The molecule has 2 aromatic carbocycles. The summed E-state index contributed by atoms with van der Waals surface area (Å²) >= 11 is 7.16. The number of nitriles is 1. The number of anilines is 1. The molecule has 0 spiro atoms. The maximum atomic E-state index is 12.5. The monoisotopic (exact) mass is 397 g/mol. The number of nitrogens with one attached hydrogen (secondary N) is 1. The lowest BCUT2D eigenvalue weighted by Crippen LogP contribution is -2.11. The van der Waals surface area contributed by atoms with E-state index in [9.17, 15) is 4.79 Å². The first kappa shape index (κ1) is 18.9. The highest BCUT2D eigenvalue weighted by Crippen LogP contribution is 2.22. The molecule has 0 aliphatic rings. The number of carbonyl (C=O) groups excluding carboxylic acids is 1. The van der Waals surface area contributed by atoms with Gasteiger partial charge in [-0.25, -0.2) is 4.98 Å². The quantitative estimate of drug-likeness (QED) is 0.634. The molecule has 3 aromatic rings. The van der Waals surface area contributed by atoms with E-state index in [2.05, 4.69) is 16.4 Å². The third-order valence-electron chi connectivity index (χ3n) is 3.72. The van der Waals surface area contributed by atoms with Gasteiger partial charge in [0.05, 0.1) is 18.2 Å². The van der Waals surface area contributed by atoms with Gasteiger partial charge in [-0.1, -0.05) is 23.7 Å². The summed E-state index contributed by atoms with van der Waals surface area (Å²) < 4.78 is 5.68. The van der Waals surface area contributed by atoms with Gasteiger partial charge in [0.2, 0.25) is 0 Å². The summed E-state index contributed by atoms with van der Waals surface area (Å²) in [6.07, 6.45) is 0.346. The molecule has 0 saturated heterocycles. The van der Waals surface area contributed by atoms with Crippen molar-refractivity contribution in [3.63, 3.8) is 0 Å². The molecule has 5 nitrogen and oxygen atoms in total. The van der Waals surface area contributed by atoms with E-state index in [4.69, 9.17) is 21.6 Å². The van der Waals surface area contributed by atoms with Crippen molar-refractivity contribution in [3.8, 4) is 11.8 Å². The first-order valence-electron chi connectivity index (χ1n) is 8.17. The van der Waals surface area contributed by atoms with Crippen LogP contribution in [-0.4, -0.2) is 10.9 Å². The lowest BCUT2D eigenvalue weighted by atomic mass is 10.1. The zero-order chi connectivity index (χ0) is 19.2. The van der Waals surface area contributed by atoms with E-state index < -0.39 is 0 Å². The lowest BCUT2D eigenvalue weighted by Gasteiger charge is -2.04. The predicted molar refractivity (Wildman–Crippen MR) is 106 cm³/mol. The maximum Gasteiger partial charge on any atom is 0.267 e. The molecule has 3 rings (SSSR count). The summed E-state index contributed by atoms with van der Waals surface area (Å²) in [6.45, 7) is 2.08. The minimum atomic E-state index is -0.212. The molecule has 0 aliphatic carbocycles. The Morgan fingerprint density at radius 1 is 1.22 bits per heavy atom. The SMILES string of the molecule is Cc1nc(COc2ccc(Cl)cc2)sc1C(=O)Nc1ccc(CC#N)cc1. The number of thiazole rings is 1. The van der Waals surface area contributed by atoms with Crippen LogP contribution in [0.5, 0.6) is 5.75 Å². The van der Waals surface area contributed by atoms with Crippen LogP contribution in [0.4, 0.5) is 5.69 Å². The minimum absolute atomic E-state index is 0.212. The second-order valence-electron chi connectivity index (χ2n) is 5.75. The smallest absolute Gasteiger partial charge is 0.267 e. The Balaban J connectivity index is 1.63. The summed E-state index contributed by atoms with van der Waals surface area (Å²) in [5, 5.41) is 12.9. The predicted octanol–water partition coefficient (Wildman–Crippen LogP) is 5.00. The number of hydrogen-bond donors (Lipinski definition) is 1. The molecule has 0 aliphatic heterocycles. The number of aryl methyl sites for hydroxylation is 1. The lowest BCUT2D eigenvalue weighted by molar-refractivity contribution is 0.103. The summed E-state index contributed by atoms with van der Waals surface area (Å²) in [5.74, 6) is 0.478. The fourth-order valence-electron chi connectivity index (χ4n) is 2.39. The number of ether oxygens (including phenoxy) is 1. The molecule has 27 heavy (non-hydrogen) atoms. The van der Waals surface area contributed by atoms with E-state index in [1.54, 1.807) is 43.3 Å².